The van der Waals surface area contributed by atoms with Crippen molar-refractivity contribution in [1.29, 1.82) is 0 Å². The van der Waals surface area contributed by atoms with Crippen molar-refractivity contribution in [2.24, 2.45) is 12.0 Å². The lowest BCUT2D eigenvalue weighted by Crippen LogP contribution is -2.41. The first kappa shape index (κ1) is 14.6. The summed E-state index contributed by atoms with van der Waals surface area (Å²) in [7, 11) is 2.99. The molecule has 0 bridgehead atoms. The van der Waals surface area contributed by atoms with Gasteiger partial charge < -0.3 is 4.74 Å². The van der Waals surface area contributed by atoms with Crippen LogP contribution in [0.5, 0.6) is 0 Å². The van der Waals surface area contributed by atoms with Crippen LogP contribution in [0.1, 0.15) is 16.2 Å². The summed E-state index contributed by atoms with van der Waals surface area (Å²) in [5.74, 6) is -0.621. The lowest BCUT2D eigenvalue weighted by Gasteiger charge is -2.24. The van der Waals surface area contributed by atoms with E-state index in [-0.39, 0.29) is 11.3 Å². The summed E-state index contributed by atoms with van der Waals surface area (Å²) in [6.07, 6.45) is 7.27. The van der Waals surface area contributed by atoms with Crippen LogP contribution in [0, 0.1) is 0 Å². The molecule has 3 heterocycles. The van der Waals surface area contributed by atoms with Crippen LogP contribution in [0.4, 0.5) is 0 Å². The van der Waals surface area contributed by atoms with Crippen LogP contribution in [0.15, 0.2) is 34.6 Å². The van der Waals surface area contributed by atoms with Gasteiger partial charge in [0.05, 0.1) is 38.4 Å². The van der Waals surface area contributed by atoms with Crippen molar-refractivity contribution in [3.05, 3.63) is 46.5 Å². The van der Waals surface area contributed by atoms with Gasteiger partial charge in [0.15, 0.2) is 5.69 Å². The average Bonchev–Trinajstić information content (AvgIpc) is 3.01. The van der Waals surface area contributed by atoms with Gasteiger partial charge in [0, 0.05) is 13.3 Å². The molecule has 10 heteroatoms. The number of esters is 1. The average molecular weight is 315 g/mol. The van der Waals surface area contributed by atoms with Gasteiger partial charge >= 0.3 is 5.97 Å². The van der Waals surface area contributed by atoms with Gasteiger partial charge in [-0.25, -0.2) is 19.1 Å². The summed E-state index contributed by atoms with van der Waals surface area (Å²) in [5.41, 5.74) is 0.937. The lowest BCUT2D eigenvalue weighted by molar-refractivity contribution is 0.0592. The third kappa shape index (κ3) is 2.73. The van der Waals surface area contributed by atoms with Crippen LogP contribution in [-0.4, -0.2) is 50.5 Å². The fourth-order valence-corrected chi connectivity index (χ4v) is 2.06. The minimum absolute atomic E-state index is 0.0340. The molecule has 0 aromatic carbocycles. The first-order valence-corrected chi connectivity index (χ1v) is 6.63. The Morgan fingerprint density at radius 2 is 2.17 bits per heavy atom. The number of nitrogens with zero attached hydrogens (tertiary/aromatic N) is 7. The molecule has 0 atom stereocenters. The molecule has 0 fully saturated rings. The van der Waals surface area contributed by atoms with E-state index < -0.39 is 5.97 Å². The predicted molar refractivity (Wildman–Crippen MR) is 80.4 cm³/mol. The number of aryl methyl sites for hydroxylation is 1. The van der Waals surface area contributed by atoms with E-state index in [4.69, 9.17) is 0 Å². The Balaban J connectivity index is 2.01. The molecule has 10 nitrogen and oxygen atoms in total. The Kier molecular flexibility index (Phi) is 3.71. The summed E-state index contributed by atoms with van der Waals surface area (Å²) >= 11 is 0. The zero-order valence-electron chi connectivity index (χ0n) is 12.4. The minimum Gasteiger partial charge on any atom is -0.464 e. The van der Waals surface area contributed by atoms with Gasteiger partial charge in [-0.2, -0.15) is 0 Å². The van der Waals surface area contributed by atoms with E-state index in [0.29, 0.717) is 17.9 Å². The number of carbonyl (C=O) groups excluding carboxylic acids is 1. The molecule has 0 spiro atoms. The van der Waals surface area contributed by atoms with Gasteiger partial charge in [0.1, 0.15) is 11.4 Å². The van der Waals surface area contributed by atoms with Crippen LogP contribution in [-0.2, 0) is 11.8 Å². The van der Waals surface area contributed by atoms with E-state index in [2.05, 4.69) is 25.0 Å². The maximum atomic E-state index is 12.0. The topological polar surface area (TPSA) is 108 Å². The smallest absolute Gasteiger partial charge is 0.358 e. The second-order valence-electron chi connectivity index (χ2n) is 4.64. The van der Waals surface area contributed by atoms with Gasteiger partial charge in [-0.3, -0.25) is 14.8 Å². The minimum atomic E-state index is -0.621. The van der Waals surface area contributed by atoms with Crippen LogP contribution in [0.2, 0.25) is 0 Å². The lowest BCUT2D eigenvalue weighted by atomic mass is 10.3. The Morgan fingerprint density at radius 1 is 1.35 bits per heavy atom. The van der Waals surface area contributed by atoms with Gasteiger partial charge in [0.2, 0.25) is 0 Å². The number of hydrogen-bond donors (Lipinski definition) is 0. The van der Waals surface area contributed by atoms with E-state index in [9.17, 15) is 9.59 Å². The number of ether oxygens (including phenoxy) is 1. The molecule has 2 aromatic heterocycles. The second-order valence-corrected chi connectivity index (χ2v) is 4.64. The molecule has 0 radical (unpaired) electrons. The maximum Gasteiger partial charge on any atom is 0.358 e. The third-order valence-corrected chi connectivity index (χ3v) is 3.20. The highest BCUT2D eigenvalue weighted by molar-refractivity contribution is 5.86. The molecule has 0 N–H and O–H groups in total. The standard InChI is InChI=1S/C13H13N7O3/c1-18-11(5-16-17-18)9-7-19(4-3-14-9)20-8-10(13(22)23-2)15-6-12(20)21/h3,5-8H,4H2,1-2H3. The molecule has 0 saturated heterocycles. The van der Waals surface area contributed by atoms with Crippen molar-refractivity contribution in [1.82, 2.24) is 24.7 Å². The molecule has 0 aliphatic carbocycles. The second kappa shape index (κ2) is 5.83. The molecule has 23 heavy (non-hydrogen) atoms. The Hall–Kier alpha value is -3.30. The highest BCUT2D eigenvalue weighted by Gasteiger charge is 2.16. The monoisotopic (exact) mass is 315 g/mol. The molecule has 0 amide bonds. The van der Waals surface area contributed by atoms with Crippen LogP contribution in [0.25, 0.3) is 5.70 Å². The molecular weight excluding hydrogens is 302 g/mol. The fourth-order valence-electron chi connectivity index (χ4n) is 2.06. The zero-order chi connectivity index (χ0) is 16.4. The quantitative estimate of drug-likeness (QED) is 0.681. The molecule has 1 aliphatic heterocycles. The molecule has 0 unspecified atom stereocenters. The predicted octanol–water partition coefficient (Wildman–Crippen LogP) is -0.821. The molecule has 1 aliphatic rings. The van der Waals surface area contributed by atoms with Crippen molar-refractivity contribution in [2.45, 2.75) is 0 Å². The number of aromatic nitrogens is 5. The zero-order valence-corrected chi connectivity index (χ0v) is 12.4. The molecular formula is C13H13N7O3. The Bertz CT molecular complexity index is 864. The Labute approximate surface area is 130 Å². The van der Waals surface area contributed by atoms with Crippen molar-refractivity contribution >= 4 is 17.9 Å². The number of aliphatic imine (C=N–C) groups is 1. The SMILES string of the molecule is COC(=O)c1cn(N2C=C(c3cnnn3C)N=CC2)c(=O)cn1. The van der Waals surface area contributed by atoms with E-state index >= 15 is 0 Å². The van der Waals surface area contributed by atoms with Crippen molar-refractivity contribution in [3.63, 3.8) is 0 Å². The number of hydrogen-bond acceptors (Lipinski definition) is 8. The van der Waals surface area contributed by atoms with E-state index in [1.807, 2.05) is 0 Å². The molecule has 118 valence electrons. The summed E-state index contributed by atoms with van der Waals surface area (Å²) in [5, 5.41) is 9.25. The third-order valence-electron chi connectivity index (χ3n) is 3.20. The van der Waals surface area contributed by atoms with Crippen molar-refractivity contribution in [2.75, 3.05) is 18.7 Å². The number of methoxy groups -OCH3 is 1. The first-order chi connectivity index (χ1) is 11.1. The molecule has 2 aromatic rings. The van der Waals surface area contributed by atoms with Crippen LogP contribution < -0.4 is 10.6 Å². The van der Waals surface area contributed by atoms with Gasteiger partial charge in [0.25, 0.3) is 5.56 Å². The van der Waals surface area contributed by atoms with E-state index in [1.165, 1.54) is 18.0 Å². The molecule has 0 saturated carbocycles. The Morgan fingerprint density at radius 3 is 2.87 bits per heavy atom. The first-order valence-electron chi connectivity index (χ1n) is 6.63. The van der Waals surface area contributed by atoms with Crippen LogP contribution in [0.3, 0.4) is 0 Å². The largest absolute Gasteiger partial charge is 0.464 e. The van der Waals surface area contributed by atoms with E-state index in [0.717, 1.165) is 6.20 Å². The molecule has 3 rings (SSSR count). The van der Waals surface area contributed by atoms with E-state index in [1.54, 1.807) is 35.3 Å². The summed E-state index contributed by atoms with van der Waals surface area (Å²) in [6, 6.07) is 0. The normalized spacial score (nSPS) is 13.8. The van der Waals surface area contributed by atoms with Gasteiger partial charge in [-0.1, -0.05) is 5.21 Å². The summed E-state index contributed by atoms with van der Waals surface area (Å²) in [6.45, 7) is 0.360. The maximum absolute atomic E-state index is 12.0. The summed E-state index contributed by atoms with van der Waals surface area (Å²) in [4.78, 5) is 31.7. The van der Waals surface area contributed by atoms with Gasteiger partial charge in [-0.05, 0) is 0 Å². The van der Waals surface area contributed by atoms with Crippen molar-refractivity contribution in [3.8, 4) is 0 Å². The number of carbonyl (C=O) groups is 1. The van der Waals surface area contributed by atoms with Gasteiger partial charge in [-0.15, -0.1) is 5.10 Å². The van der Waals surface area contributed by atoms with Crippen molar-refractivity contribution < 1.29 is 9.53 Å². The highest BCUT2D eigenvalue weighted by atomic mass is 16.5. The fraction of sp³-hybridized carbons (Fsp3) is 0.231. The number of rotatable bonds is 3. The van der Waals surface area contributed by atoms with Crippen LogP contribution >= 0.6 is 0 Å². The summed E-state index contributed by atoms with van der Waals surface area (Å²) < 4.78 is 7.46. The highest BCUT2D eigenvalue weighted by Crippen LogP contribution is 2.16.